The van der Waals surface area contributed by atoms with Gasteiger partial charge in [0.05, 0.1) is 12.6 Å². The molecule has 0 atom stereocenters. The van der Waals surface area contributed by atoms with Gasteiger partial charge in [0.1, 0.15) is 0 Å². The third-order valence-corrected chi connectivity index (χ3v) is 3.78. The molecule has 0 amide bonds. The molecule has 0 saturated carbocycles. The second-order valence-corrected chi connectivity index (χ2v) is 5.42. The summed E-state index contributed by atoms with van der Waals surface area (Å²) in [6.07, 6.45) is 0.458. The lowest BCUT2D eigenvalue weighted by Gasteiger charge is -2.24. The number of hydrogen-bond donors (Lipinski definition) is 0. The molecule has 0 aliphatic carbocycles. The fourth-order valence-corrected chi connectivity index (χ4v) is 2.55. The van der Waals surface area contributed by atoms with Gasteiger partial charge in [0.2, 0.25) is 0 Å². The molecule has 0 unspecified atom stereocenters. The van der Waals surface area contributed by atoms with E-state index in [0.717, 1.165) is 23.5 Å². The number of aryl methyl sites for hydroxylation is 1. The number of nitriles is 1. The Morgan fingerprint density at radius 2 is 2.10 bits per heavy atom. The van der Waals surface area contributed by atoms with Crippen molar-refractivity contribution in [1.82, 2.24) is 9.47 Å². The molecule has 4 nitrogen and oxygen atoms in total. The van der Waals surface area contributed by atoms with Crippen LogP contribution < -0.4 is 0 Å². The maximum absolute atomic E-state index is 12.5. The van der Waals surface area contributed by atoms with Crippen molar-refractivity contribution in [2.75, 3.05) is 13.1 Å². The summed E-state index contributed by atoms with van der Waals surface area (Å²) in [6, 6.07) is 4.38. The minimum Gasteiger partial charge on any atom is -0.349 e. The van der Waals surface area contributed by atoms with Crippen molar-refractivity contribution in [1.29, 1.82) is 5.26 Å². The van der Waals surface area contributed by atoms with Crippen LogP contribution >= 0.6 is 0 Å². The monoisotopic (exact) mass is 275 g/mol. The van der Waals surface area contributed by atoms with Crippen LogP contribution in [-0.2, 0) is 6.54 Å². The normalized spacial score (nSPS) is 11.1. The van der Waals surface area contributed by atoms with Gasteiger partial charge in [0.25, 0.3) is 0 Å². The fourth-order valence-electron chi connectivity index (χ4n) is 2.55. The molecule has 0 N–H and O–H groups in total. The van der Waals surface area contributed by atoms with Crippen molar-refractivity contribution in [3.8, 4) is 6.07 Å². The Morgan fingerprint density at radius 3 is 2.55 bits per heavy atom. The number of carbonyl (C=O) groups is 1. The lowest BCUT2D eigenvalue weighted by molar-refractivity contribution is 0.0907. The highest BCUT2D eigenvalue weighted by atomic mass is 16.1. The van der Waals surface area contributed by atoms with E-state index in [1.807, 2.05) is 19.9 Å². The van der Waals surface area contributed by atoms with E-state index < -0.39 is 0 Å². The van der Waals surface area contributed by atoms with Crippen molar-refractivity contribution in [3.05, 3.63) is 23.0 Å². The lowest BCUT2D eigenvalue weighted by Crippen LogP contribution is -2.36. The fraction of sp³-hybridized carbons (Fsp3) is 0.625. The first kappa shape index (κ1) is 16.5. The van der Waals surface area contributed by atoms with Crippen molar-refractivity contribution in [3.63, 3.8) is 0 Å². The quantitative estimate of drug-likeness (QED) is 0.719. The van der Waals surface area contributed by atoms with Crippen molar-refractivity contribution in [2.24, 2.45) is 0 Å². The largest absolute Gasteiger partial charge is 0.349 e. The van der Waals surface area contributed by atoms with Gasteiger partial charge in [-0.05, 0) is 40.7 Å². The molecule has 0 aromatic carbocycles. The van der Waals surface area contributed by atoms with Gasteiger partial charge in [-0.3, -0.25) is 9.69 Å². The van der Waals surface area contributed by atoms with Crippen LogP contribution in [0.5, 0.6) is 0 Å². The van der Waals surface area contributed by atoms with Gasteiger partial charge in [-0.2, -0.15) is 5.26 Å². The Labute approximate surface area is 122 Å². The number of carbonyl (C=O) groups excluding carboxylic acids is 1. The molecule has 1 aromatic rings. The van der Waals surface area contributed by atoms with E-state index in [1.165, 1.54) is 0 Å². The number of aromatic nitrogens is 1. The standard InChI is InChI=1S/C16H25N3O/c1-6-19-13(4)10-15(14(19)5)16(20)11-18(12(2)3)9-7-8-17/h10,12H,6-7,9,11H2,1-5H3. The average molecular weight is 275 g/mol. The number of ketones is 1. The Bertz CT molecular complexity index is 509. The Morgan fingerprint density at radius 1 is 1.45 bits per heavy atom. The van der Waals surface area contributed by atoms with Gasteiger partial charge in [-0.1, -0.05) is 0 Å². The maximum Gasteiger partial charge on any atom is 0.178 e. The van der Waals surface area contributed by atoms with Crippen LogP contribution in [0.4, 0.5) is 0 Å². The molecule has 0 aliphatic rings. The van der Waals surface area contributed by atoms with E-state index in [1.54, 1.807) is 0 Å². The van der Waals surface area contributed by atoms with Crippen molar-refractivity contribution >= 4 is 5.78 Å². The summed E-state index contributed by atoms with van der Waals surface area (Å²) in [4.78, 5) is 14.5. The van der Waals surface area contributed by atoms with E-state index in [2.05, 4.69) is 36.3 Å². The maximum atomic E-state index is 12.5. The molecule has 1 heterocycles. The topological polar surface area (TPSA) is 49.0 Å². The van der Waals surface area contributed by atoms with Gasteiger partial charge in [-0.25, -0.2) is 0 Å². The highest BCUT2D eigenvalue weighted by Gasteiger charge is 2.19. The molecule has 4 heteroatoms. The first-order chi connectivity index (χ1) is 9.42. The first-order valence-corrected chi connectivity index (χ1v) is 7.23. The molecule has 0 fully saturated rings. The Balaban J connectivity index is 2.87. The van der Waals surface area contributed by atoms with E-state index >= 15 is 0 Å². The molecule has 0 radical (unpaired) electrons. The SMILES string of the molecule is CCn1c(C)cc(C(=O)CN(CCC#N)C(C)C)c1C. The molecule has 1 rings (SSSR count). The molecule has 0 spiro atoms. The van der Waals surface area contributed by atoms with Gasteiger partial charge >= 0.3 is 0 Å². The smallest absolute Gasteiger partial charge is 0.178 e. The zero-order valence-corrected chi connectivity index (χ0v) is 13.2. The predicted octanol–water partition coefficient (Wildman–Crippen LogP) is 2.93. The van der Waals surface area contributed by atoms with Crippen LogP contribution in [-0.4, -0.2) is 34.4 Å². The second-order valence-electron chi connectivity index (χ2n) is 5.42. The van der Waals surface area contributed by atoms with Crippen molar-refractivity contribution in [2.45, 2.75) is 53.6 Å². The third kappa shape index (κ3) is 3.71. The summed E-state index contributed by atoms with van der Waals surface area (Å²) in [6.45, 7) is 12.1. The minimum absolute atomic E-state index is 0.143. The van der Waals surface area contributed by atoms with Crippen molar-refractivity contribution < 1.29 is 4.79 Å². The number of nitrogens with zero attached hydrogens (tertiary/aromatic N) is 3. The van der Waals surface area contributed by atoms with Gasteiger partial charge < -0.3 is 4.57 Å². The summed E-state index contributed by atoms with van der Waals surface area (Å²) in [7, 11) is 0. The summed E-state index contributed by atoms with van der Waals surface area (Å²) in [5, 5.41) is 8.70. The van der Waals surface area contributed by atoms with Gasteiger partial charge in [-0.15, -0.1) is 0 Å². The molecule has 1 aromatic heterocycles. The number of rotatable bonds is 7. The lowest BCUT2D eigenvalue weighted by atomic mass is 10.1. The highest BCUT2D eigenvalue weighted by molar-refractivity contribution is 5.99. The molecule has 0 aliphatic heterocycles. The predicted molar refractivity (Wildman–Crippen MR) is 80.8 cm³/mol. The van der Waals surface area contributed by atoms with Crippen LogP contribution in [0.25, 0.3) is 0 Å². The first-order valence-electron chi connectivity index (χ1n) is 7.23. The molecule has 0 bridgehead atoms. The third-order valence-electron chi connectivity index (χ3n) is 3.78. The summed E-state index contributed by atoms with van der Waals surface area (Å²) < 4.78 is 2.15. The molecular weight excluding hydrogens is 250 g/mol. The number of Topliss-reactive ketones (excluding diaryl/α,β-unsaturated/α-hetero) is 1. The molecule has 0 saturated heterocycles. The summed E-state index contributed by atoms with van der Waals surface area (Å²) >= 11 is 0. The zero-order chi connectivity index (χ0) is 15.3. The van der Waals surface area contributed by atoms with Crippen LogP contribution in [0.1, 0.15) is 48.9 Å². The van der Waals surface area contributed by atoms with E-state index in [9.17, 15) is 4.79 Å². The van der Waals surface area contributed by atoms with E-state index in [0.29, 0.717) is 19.5 Å². The second kappa shape index (κ2) is 7.25. The van der Waals surface area contributed by atoms with Gasteiger partial charge in [0, 0.05) is 42.5 Å². The van der Waals surface area contributed by atoms with Gasteiger partial charge in [0.15, 0.2) is 5.78 Å². The molecule has 110 valence electrons. The van der Waals surface area contributed by atoms with Crippen LogP contribution in [0.3, 0.4) is 0 Å². The minimum atomic E-state index is 0.143. The molecular formula is C16H25N3O. The summed E-state index contributed by atoms with van der Waals surface area (Å²) in [5.41, 5.74) is 2.98. The van der Waals surface area contributed by atoms with Crippen LogP contribution in [0.15, 0.2) is 6.07 Å². The Hall–Kier alpha value is -1.60. The number of hydrogen-bond acceptors (Lipinski definition) is 3. The van der Waals surface area contributed by atoms with Crippen LogP contribution in [0, 0.1) is 25.2 Å². The average Bonchev–Trinajstić information content (AvgIpc) is 2.68. The van der Waals surface area contributed by atoms with E-state index in [4.69, 9.17) is 5.26 Å². The zero-order valence-electron chi connectivity index (χ0n) is 13.2. The Kier molecular flexibility index (Phi) is 5.97. The molecule has 20 heavy (non-hydrogen) atoms. The van der Waals surface area contributed by atoms with E-state index in [-0.39, 0.29) is 11.8 Å². The van der Waals surface area contributed by atoms with Crippen LogP contribution in [0.2, 0.25) is 0 Å². The summed E-state index contributed by atoms with van der Waals surface area (Å²) in [5.74, 6) is 0.143. The highest BCUT2D eigenvalue weighted by Crippen LogP contribution is 2.16.